The maximum atomic E-state index is 12.8. The molecule has 0 aliphatic rings. The molecular formula is C14H17F2N3S. The minimum Gasteiger partial charge on any atom is -0.369 e. The van der Waals surface area contributed by atoms with E-state index in [-0.39, 0.29) is 0 Å². The van der Waals surface area contributed by atoms with Crippen LogP contribution in [-0.4, -0.2) is 28.5 Å². The molecule has 20 heavy (non-hydrogen) atoms. The number of halogens is 2. The van der Waals surface area contributed by atoms with E-state index in [2.05, 4.69) is 21.5 Å². The highest BCUT2D eigenvalue weighted by molar-refractivity contribution is 7.98. The topological polar surface area (TPSA) is 37.8 Å². The number of benzene rings is 1. The van der Waals surface area contributed by atoms with Crippen molar-refractivity contribution in [2.45, 2.75) is 19.3 Å². The number of hydrogen-bond donors (Lipinski definition) is 1. The summed E-state index contributed by atoms with van der Waals surface area (Å²) in [7, 11) is 0. The Morgan fingerprint density at radius 2 is 2.00 bits per heavy atom. The number of alkyl halides is 2. The van der Waals surface area contributed by atoms with Crippen molar-refractivity contribution in [2.24, 2.45) is 0 Å². The van der Waals surface area contributed by atoms with E-state index in [1.54, 1.807) is 23.9 Å². The fourth-order valence-electron chi connectivity index (χ4n) is 1.91. The Morgan fingerprint density at radius 3 is 2.75 bits per heavy atom. The van der Waals surface area contributed by atoms with Gasteiger partial charge in [-0.05, 0) is 37.0 Å². The van der Waals surface area contributed by atoms with Gasteiger partial charge in [0, 0.05) is 11.9 Å². The number of para-hydroxylation sites is 1. The number of rotatable bonds is 7. The summed E-state index contributed by atoms with van der Waals surface area (Å²) < 4.78 is 25.6. The van der Waals surface area contributed by atoms with Crippen molar-refractivity contribution < 1.29 is 8.78 Å². The minimum absolute atomic E-state index is 0.421. The van der Waals surface area contributed by atoms with Crippen LogP contribution in [0.15, 0.2) is 24.3 Å². The van der Waals surface area contributed by atoms with Crippen molar-refractivity contribution >= 4 is 28.5 Å². The van der Waals surface area contributed by atoms with E-state index >= 15 is 0 Å². The average molecular weight is 297 g/mol. The molecule has 0 saturated carbocycles. The third kappa shape index (κ3) is 3.79. The van der Waals surface area contributed by atoms with Crippen LogP contribution in [0.1, 0.15) is 25.1 Å². The first-order chi connectivity index (χ1) is 9.72. The van der Waals surface area contributed by atoms with Crippen LogP contribution < -0.4 is 5.32 Å². The Kier molecular flexibility index (Phi) is 5.52. The molecule has 6 heteroatoms. The zero-order valence-corrected chi connectivity index (χ0v) is 12.1. The number of thioether (sulfide) groups is 1. The first kappa shape index (κ1) is 15.0. The predicted octanol–water partition coefficient (Wildman–Crippen LogP) is 4.12. The van der Waals surface area contributed by atoms with Crippen LogP contribution in [0.25, 0.3) is 10.9 Å². The molecule has 0 aliphatic heterocycles. The van der Waals surface area contributed by atoms with Gasteiger partial charge in [0.2, 0.25) is 0 Å². The van der Waals surface area contributed by atoms with Crippen LogP contribution in [-0.2, 0) is 0 Å². The Hall–Kier alpha value is -1.43. The summed E-state index contributed by atoms with van der Waals surface area (Å²) in [5, 5.41) is 3.93. The lowest BCUT2D eigenvalue weighted by Gasteiger charge is -2.10. The molecule has 0 atom stereocenters. The Bertz CT molecular complexity index is 563. The van der Waals surface area contributed by atoms with Gasteiger partial charge in [0.1, 0.15) is 5.82 Å². The van der Waals surface area contributed by atoms with Crippen LogP contribution in [0.4, 0.5) is 14.6 Å². The van der Waals surface area contributed by atoms with Gasteiger partial charge in [-0.15, -0.1) is 0 Å². The van der Waals surface area contributed by atoms with E-state index in [0.717, 1.165) is 30.5 Å². The molecule has 0 fully saturated rings. The number of fused-ring (bicyclic) bond motifs is 1. The highest BCUT2D eigenvalue weighted by atomic mass is 32.2. The van der Waals surface area contributed by atoms with E-state index in [1.165, 1.54) is 0 Å². The highest BCUT2D eigenvalue weighted by Gasteiger charge is 2.14. The Morgan fingerprint density at radius 1 is 1.20 bits per heavy atom. The largest absolute Gasteiger partial charge is 0.369 e. The summed E-state index contributed by atoms with van der Waals surface area (Å²) in [6.45, 7) is 0.726. The first-order valence-corrected chi connectivity index (χ1v) is 7.89. The summed E-state index contributed by atoms with van der Waals surface area (Å²) in [6.07, 6.45) is 1.50. The van der Waals surface area contributed by atoms with Crippen LogP contribution in [0.3, 0.4) is 0 Å². The predicted molar refractivity (Wildman–Crippen MR) is 80.6 cm³/mol. The summed E-state index contributed by atoms with van der Waals surface area (Å²) in [4.78, 5) is 7.83. The lowest BCUT2D eigenvalue weighted by atomic mass is 10.2. The first-order valence-electron chi connectivity index (χ1n) is 6.50. The summed E-state index contributed by atoms with van der Waals surface area (Å²) in [5.74, 6) is 1.18. The van der Waals surface area contributed by atoms with E-state index in [1.807, 2.05) is 12.1 Å². The highest BCUT2D eigenvalue weighted by Crippen LogP contribution is 2.24. The van der Waals surface area contributed by atoms with Gasteiger partial charge in [-0.1, -0.05) is 12.1 Å². The molecule has 0 saturated heterocycles. The second kappa shape index (κ2) is 7.38. The molecule has 0 radical (unpaired) electrons. The molecule has 0 spiro atoms. The minimum atomic E-state index is -2.66. The number of hydrogen-bond acceptors (Lipinski definition) is 4. The van der Waals surface area contributed by atoms with E-state index in [9.17, 15) is 8.78 Å². The molecule has 0 bridgehead atoms. The van der Waals surface area contributed by atoms with Gasteiger partial charge >= 0.3 is 0 Å². The third-order valence-electron chi connectivity index (χ3n) is 2.88. The van der Waals surface area contributed by atoms with Crippen molar-refractivity contribution in [1.82, 2.24) is 9.97 Å². The van der Waals surface area contributed by atoms with E-state index in [4.69, 9.17) is 0 Å². The van der Waals surface area contributed by atoms with Crippen LogP contribution in [0.5, 0.6) is 0 Å². The van der Waals surface area contributed by atoms with Crippen molar-refractivity contribution in [3.8, 4) is 0 Å². The SMILES string of the molecule is CSCCCCNc1nc(C(F)F)nc2ccccc12. The molecule has 1 aromatic heterocycles. The molecule has 0 aliphatic carbocycles. The Labute approximate surface area is 121 Å². The second-order valence-electron chi connectivity index (χ2n) is 4.37. The summed E-state index contributed by atoms with van der Waals surface area (Å²) in [6, 6.07) is 7.20. The summed E-state index contributed by atoms with van der Waals surface area (Å²) in [5.41, 5.74) is 0.546. The van der Waals surface area contributed by atoms with Gasteiger partial charge in [0.15, 0.2) is 5.82 Å². The van der Waals surface area contributed by atoms with Gasteiger partial charge in [-0.2, -0.15) is 11.8 Å². The van der Waals surface area contributed by atoms with Crippen molar-refractivity contribution in [2.75, 3.05) is 23.9 Å². The lowest BCUT2D eigenvalue weighted by molar-refractivity contribution is 0.141. The Balaban J connectivity index is 2.17. The summed E-state index contributed by atoms with van der Waals surface area (Å²) >= 11 is 1.80. The monoisotopic (exact) mass is 297 g/mol. The molecule has 1 heterocycles. The molecular weight excluding hydrogens is 280 g/mol. The standard InChI is InChI=1S/C14H17F2N3S/c1-20-9-5-4-8-17-13-10-6-2-3-7-11(10)18-14(19-13)12(15)16/h2-3,6-7,12H,4-5,8-9H2,1H3,(H,17,18,19). The maximum Gasteiger partial charge on any atom is 0.297 e. The number of aromatic nitrogens is 2. The lowest BCUT2D eigenvalue weighted by Crippen LogP contribution is -2.07. The molecule has 2 rings (SSSR count). The molecule has 108 valence electrons. The van der Waals surface area contributed by atoms with Crippen LogP contribution in [0.2, 0.25) is 0 Å². The van der Waals surface area contributed by atoms with Gasteiger partial charge < -0.3 is 5.32 Å². The number of anilines is 1. The van der Waals surface area contributed by atoms with Crippen LogP contribution >= 0.6 is 11.8 Å². The molecule has 3 nitrogen and oxygen atoms in total. The normalized spacial score (nSPS) is 11.2. The van der Waals surface area contributed by atoms with Crippen molar-refractivity contribution in [3.63, 3.8) is 0 Å². The average Bonchev–Trinajstić information content (AvgIpc) is 2.46. The van der Waals surface area contributed by atoms with Gasteiger partial charge in [-0.25, -0.2) is 18.7 Å². The van der Waals surface area contributed by atoms with Crippen LogP contribution in [0, 0.1) is 0 Å². The number of unbranched alkanes of at least 4 members (excludes halogenated alkanes) is 1. The van der Waals surface area contributed by atoms with Crippen molar-refractivity contribution in [1.29, 1.82) is 0 Å². The fourth-order valence-corrected chi connectivity index (χ4v) is 2.40. The zero-order valence-electron chi connectivity index (χ0n) is 11.3. The smallest absolute Gasteiger partial charge is 0.297 e. The molecule has 1 aromatic carbocycles. The molecule has 1 N–H and O–H groups in total. The number of nitrogens with one attached hydrogen (secondary N) is 1. The second-order valence-corrected chi connectivity index (χ2v) is 5.36. The van der Waals surface area contributed by atoms with Crippen molar-refractivity contribution in [3.05, 3.63) is 30.1 Å². The molecule has 0 unspecified atom stereocenters. The zero-order chi connectivity index (χ0) is 14.4. The maximum absolute atomic E-state index is 12.8. The number of nitrogens with zero attached hydrogens (tertiary/aromatic N) is 2. The van der Waals surface area contributed by atoms with Gasteiger partial charge in [0.25, 0.3) is 6.43 Å². The fraction of sp³-hybridized carbons (Fsp3) is 0.429. The van der Waals surface area contributed by atoms with Gasteiger partial charge in [-0.3, -0.25) is 0 Å². The van der Waals surface area contributed by atoms with E-state index in [0.29, 0.717) is 11.3 Å². The third-order valence-corrected chi connectivity index (χ3v) is 3.58. The quantitative estimate of drug-likeness (QED) is 0.780. The molecule has 0 amide bonds. The van der Waals surface area contributed by atoms with Gasteiger partial charge in [0.05, 0.1) is 5.52 Å². The molecule has 2 aromatic rings. The van der Waals surface area contributed by atoms with E-state index < -0.39 is 12.2 Å².